The molecule has 0 spiro atoms. The maximum atomic E-state index is 8.56. The van der Waals surface area contributed by atoms with E-state index in [4.69, 9.17) is 30.0 Å². The number of rotatable bonds is 11. The van der Waals surface area contributed by atoms with Gasteiger partial charge in [-0.05, 0) is 73.1 Å². The Hall–Kier alpha value is -5.28. The van der Waals surface area contributed by atoms with Gasteiger partial charge in [0.2, 0.25) is 6.16 Å². The zero-order valence-electron chi connectivity index (χ0n) is 29.0. The molecule has 0 atom stereocenters. The monoisotopic (exact) mass is 731 g/mol. The summed E-state index contributed by atoms with van der Waals surface area (Å²) in [6, 6.07) is 65.8. The van der Waals surface area contributed by atoms with E-state index in [2.05, 4.69) is 189 Å². The van der Waals surface area contributed by atoms with Crippen molar-refractivity contribution < 1.29 is 30.0 Å². The van der Waals surface area contributed by atoms with Gasteiger partial charge in [-0.25, -0.2) is 4.79 Å². The Kier molecular flexibility index (Phi) is 18.4. The molecule has 6 nitrogen and oxygen atoms in total. The van der Waals surface area contributed by atoms with E-state index in [1.807, 2.05) is 0 Å². The lowest BCUT2D eigenvalue weighted by molar-refractivity contribution is -0.275. The Morgan fingerprint density at radius 3 is 0.981 bits per heavy atom. The van der Waals surface area contributed by atoms with Gasteiger partial charge in [0.25, 0.3) is 0 Å². The molecule has 6 rings (SSSR count). The molecule has 0 saturated carbocycles. The van der Waals surface area contributed by atoms with Crippen molar-refractivity contribution >= 4 is 59.3 Å². The van der Waals surface area contributed by atoms with Crippen molar-refractivity contribution in [1.82, 2.24) is 0 Å². The molecule has 0 bridgehead atoms. The minimum absolute atomic E-state index is 0.446. The molecule has 0 heterocycles. The molecule has 52 heavy (non-hydrogen) atoms. The number of carbonyl (C=O) groups is 2. The molecule has 3 N–H and O–H groups in total. The van der Waals surface area contributed by atoms with Crippen LogP contribution in [0.15, 0.2) is 182 Å². The van der Waals surface area contributed by atoms with Gasteiger partial charge in [0, 0.05) is 0 Å². The number of benzene rings is 6. The fraction of sp³-hybridized carbons (Fsp3) is 0.114. The van der Waals surface area contributed by atoms with E-state index < -0.39 is 27.5 Å². The summed E-state index contributed by atoms with van der Waals surface area (Å²) in [5.41, 5.74) is 0. The minimum atomic E-state index is -2.08. The summed E-state index contributed by atoms with van der Waals surface area (Å²) >= 11 is 0. The molecule has 0 fully saturated rings. The zero-order chi connectivity index (χ0) is 37.4. The smallest absolute Gasteiger partial charge is 0.503 e. The van der Waals surface area contributed by atoms with Crippen LogP contribution in [0.4, 0.5) is 9.59 Å². The first-order valence-corrected chi connectivity index (χ1v) is 20.2. The van der Waals surface area contributed by atoms with Crippen LogP contribution in [-0.4, -0.2) is 33.8 Å². The second-order valence-corrected chi connectivity index (χ2v) is 17.2. The lowest BCUT2D eigenvalue weighted by Gasteiger charge is -2.27. The van der Waals surface area contributed by atoms with Gasteiger partial charge in [-0.3, -0.25) is 0 Å². The van der Waals surface area contributed by atoms with Crippen molar-refractivity contribution in [3.05, 3.63) is 189 Å². The first-order valence-electron chi connectivity index (χ1n) is 16.9. The second-order valence-electron chi connectivity index (χ2n) is 11.3. The largest absolute Gasteiger partial charge is 0.565 e. The molecule has 0 unspecified atom stereocenters. The zero-order valence-corrected chi connectivity index (χ0v) is 30.8. The Morgan fingerprint density at radius 1 is 0.481 bits per heavy atom. The highest BCUT2D eigenvalue weighted by Crippen LogP contribution is 2.56. The van der Waals surface area contributed by atoms with Crippen LogP contribution in [-0.2, 0) is 0 Å². The molecule has 267 valence electrons. The fourth-order valence-corrected chi connectivity index (χ4v) is 12.5. The standard InChI is InChI=1S/C24H27P.C18H15P.2CH2O3/c1-2-3-4-14-21-25(22-15-8-5-9-16-22,23-17-10-6-11-18-23)24-19-12-7-13-20-24;1-4-10-16(11-5-1)19(17-12-6-2-7-13-17)18-14-8-3-9-15-18;2*2-1(3)4/h5-13,15-20H,1-4,14,21H2;1-15H;2*(H2,2,3,4)/q+1;;;/p-1. The van der Waals surface area contributed by atoms with E-state index in [9.17, 15) is 0 Å². The van der Waals surface area contributed by atoms with Crippen molar-refractivity contribution in [3.63, 3.8) is 0 Å². The highest BCUT2D eigenvalue weighted by atomic mass is 31.2. The van der Waals surface area contributed by atoms with Crippen molar-refractivity contribution in [2.24, 2.45) is 0 Å². The molecular formula is C44H45O6P2. The van der Waals surface area contributed by atoms with E-state index in [-0.39, 0.29) is 0 Å². The molecule has 0 aliphatic carbocycles. The fourth-order valence-electron chi connectivity index (χ4n) is 5.76. The molecule has 0 aromatic heterocycles. The van der Waals surface area contributed by atoms with E-state index in [0.717, 1.165) is 6.42 Å². The predicted octanol–water partition coefficient (Wildman–Crippen LogP) is 7.93. The second kappa shape index (κ2) is 23.2. The van der Waals surface area contributed by atoms with Gasteiger partial charge in [-0.1, -0.05) is 165 Å². The summed E-state index contributed by atoms with van der Waals surface area (Å²) in [5, 5.41) is 37.9. The Labute approximate surface area is 309 Å². The van der Waals surface area contributed by atoms with E-state index in [0.29, 0.717) is 0 Å². The van der Waals surface area contributed by atoms with Crippen molar-refractivity contribution in [1.29, 1.82) is 0 Å². The molecule has 0 amide bonds. The normalized spacial score (nSPS) is 10.3. The summed E-state index contributed by atoms with van der Waals surface area (Å²) in [6.07, 6.45) is 2.08. The van der Waals surface area contributed by atoms with Crippen LogP contribution in [0.1, 0.15) is 25.7 Å². The number of carboxylic acid groups (broad SMARTS) is 4. The number of hydrogen-bond donors (Lipinski definition) is 3. The molecule has 8 heteroatoms. The van der Waals surface area contributed by atoms with Gasteiger partial charge in [0.15, 0.2) is 0 Å². The molecule has 0 aliphatic heterocycles. The maximum absolute atomic E-state index is 8.56. The van der Waals surface area contributed by atoms with E-state index >= 15 is 0 Å². The number of hydrogen-bond acceptors (Lipinski definition) is 3. The van der Waals surface area contributed by atoms with Crippen LogP contribution in [0.2, 0.25) is 0 Å². The predicted molar refractivity (Wildman–Crippen MR) is 218 cm³/mol. The highest BCUT2D eigenvalue weighted by Gasteiger charge is 2.44. The molecule has 1 radical (unpaired) electrons. The number of unbranched alkanes of at least 4 members (excludes halogenated alkanes) is 3. The Morgan fingerprint density at radius 2 is 0.731 bits per heavy atom. The quantitative estimate of drug-likeness (QED) is 0.0921. The van der Waals surface area contributed by atoms with Crippen LogP contribution in [0, 0.1) is 6.92 Å². The highest BCUT2D eigenvalue weighted by molar-refractivity contribution is 7.95. The molecule has 6 aromatic rings. The molecule has 0 saturated heterocycles. The Balaban J connectivity index is 0.000000238. The molecule has 0 aliphatic rings. The van der Waals surface area contributed by atoms with Gasteiger partial charge in [0.1, 0.15) is 23.2 Å². The Bertz CT molecular complexity index is 1620. The summed E-state index contributed by atoms with van der Waals surface area (Å²) < 4.78 is 0. The third-order valence-corrected chi connectivity index (χ3v) is 14.8. The molecular weight excluding hydrogens is 686 g/mol. The average molecular weight is 732 g/mol. The summed E-state index contributed by atoms with van der Waals surface area (Å²) in [4.78, 5) is 17.0. The van der Waals surface area contributed by atoms with Crippen LogP contribution in [0.3, 0.4) is 0 Å². The topological polar surface area (TPSA) is 118 Å². The van der Waals surface area contributed by atoms with Crippen molar-refractivity contribution in [2.75, 3.05) is 6.16 Å². The van der Waals surface area contributed by atoms with Crippen LogP contribution in [0.5, 0.6) is 0 Å². The van der Waals surface area contributed by atoms with Gasteiger partial charge < -0.3 is 25.2 Å². The van der Waals surface area contributed by atoms with Gasteiger partial charge in [-0.15, -0.1) is 0 Å². The minimum Gasteiger partial charge on any atom is -0.565 e. The van der Waals surface area contributed by atoms with Crippen LogP contribution < -0.4 is 36.9 Å². The van der Waals surface area contributed by atoms with Gasteiger partial charge in [-0.2, -0.15) is 0 Å². The summed E-state index contributed by atoms with van der Waals surface area (Å²) in [5.74, 6) is 0. The third-order valence-electron chi connectivity index (χ3n) is 7.88. The van der Waals surface area contributed by atoms with Crippen molar-refractivity contribution in [3.8, 4) is 0 Å². The first kappa shape index (κ1) is 41.1. The van der Waals surface area contributed by atoms with E-state index in [1.165, 1.54) is 57.3 Å². The van der Waals surface area contributed by atoms with Crippen LogP contribution in [0.25, 0.3) is 0 Å². The molecule has 6 aromatic carbocycles. The van der Waals surface area contributed by atoms with Crippen LogP contribution >= 0.6 is 15.2 Å². The third kappa shape index (κ3) is 13.5. The summed E-state index contributed by atoms with van der Waals surface area (Å²) in [7, 11) is -2.06. The first-order chi connectivity index (χ1) is 25.3. The van der Waals surface area contributed by atoms with Gasteiger partial charge >= 0.3 is 6.16 Å². The maximum Gasteiger partial charge on any atom is 0.503 e. The SMILES string of the molecule is O=C(O)O.O=C([O-])O.[CH2]CCCCC[P+](c1ccccc1)(c1ccccc1)c1ccccc1.c1ccc(P(c2ccccc2)c2ccccc2)cc1. The van der Waals surface area contributed by atoms with Crippen molar-refractivity contribution in [2.45, 2.75) is 25.7 Å². The van der Waals surface area contributed by atoms with E-state index in [1.54, 1.807) is 0 Å². The average Bonchev–Trinajstić information content (AvgIpc) is 3.17. The lowest BCUT2D eigenvalue weighted by Crippen LogP contribution is -2.33. The summed E-state index contributed by atoms with van der Waals surface area (Å²) in [6.45, 7) is 4.00. The lowest BCUT2D eigenvalue weighted by atomic mass is 10.2. The van der Waals surface area contributed by atoms with Gasteiger partial charge in [0.05, 0.1) is 6.16 Å².